The van der Waals surface area contributed by atoms with Gasteiger partial charge in [0.25, 0.3) is 5.91 Å². The van der Waals surface area contributed by atoms with Gasteiger partial charge in [-0.3, -0.25) is 4.79 Å². The summed E-state index contributed by atoms with van der Waals surface area (Å²) in [6, 6.07) is 4.60. The fourth-order valence-corrected chi connectivity index (χ4v) is 4.80. The van der Waals surface area contributed by atoms with E-state index in [4.69, 9.17) is 21.3 Å². The van der Waals surface area contributed by atoms with E-state index in [2.05, 4.69) is 35.1 Å². The maximum absolute atomic E-state index is 15.4. The molecule has 2 N–H and O–H groups in total. The van der Waals surface area contributed by atoms with Gasteiger partial charge in [0.15, 0.2) is 6.61 Å². The zero-order chi connectivity index (χ0) is 26.5. The number of hydrogen-bond acceptors (Lipinski definition) is 6. The average Bonchev–Trinajstić information content (AvgIpc) is 3.23. The Morgan fingerprint density at radius 3 is 2.69 bits per heavy atom. The van der Waals surface area contributed by atoms with E-state index >= 15 is 4.39 Å². The Morgan fingerprint density at radius 1 is 1.39 bits per heavy atom. The molecule has 1 amide bonds. The average molecular weight is 495 g/mol. The molecule has 3 unspecified atom stereocenters. The van der Waals surface area contributed by atoms with E-state index in [0.717, 1.165) is 6.42 Å². The molecule has 2 aromatic rings. The second-order valence-corrected chi connectivity index (χ2v) is 10.4. The molecular weight excluding hydrogens is 459 g/mol. The van der Waals surface area contributed by atoms with Gasteiger partial charge in [0.1, 0.15) is 11.5 Å². The molecule has 1 aliphatic rings. The van der Waals surface area contributed by atoms with E-state index in [1.165, 1.54) is 24.5 Å². The molecule has 1 aromatic heterocycles. The van der Waals surface area contributed by atoms with E-state index in [1.54, 1.807) is 6.07 Å². The van der Waals surface area contributed by atoms with Gasteiger partial charge in [-0.2, -0.15) is 0 Å². The van der Waals surface area contributed by atoms with E-state index < -0.39 is 11.3 Å². The molecule has 2 heterocycles. The molecule has 0 radical (unpaired) electrons. The van der Waals surface area contributed by atoms with Crippen molar-refractivity contribution in [2.75, 3.05) is 25.1 Å². The topological polar surface area (TPSA) is 97.2 Å². The Kier molecular flexibility index (Phi) is 8.47. The van der Waals surface area contributed by atoms with Crippen LogP contribution in [0, 0.1) is 40.8 Å². The number of aromatic nitrogens is 2. The molecule has 1 fully saturated rings. The van der Waals surface area contributed by atoms with Crippen LogP contribution in [0.2, 0.25) is 0 Å². The molecule has 0 bridgehead atoms. The minimum atomic E-state index is -0.618. The third kappa shape index (κ3) is 5.73. The molecule has 1 aliphatic heterocycles. The zero-order valence-corrected chi connectivity index (χ0v) is 21.7. The van der Waals surface area contributed by atoms with Crippen molar-refractivity contribution in [3.8, 4) is 18.2 Å². The predicted octanol–water partition coefficient (Wildman–Crippen LogP) is 5.27. The number of halogens is 1. The standard InChI is InChI=1S/C28H35FN4O3/c1-7-11-36-25-15-31-23(14-32-25)26(34)33-20-9-10-22(29)21(13-20)28(17-35-16-18(28)3)19(8-2)12-24(30)27(4,5)6/h1,9-10,13-15,18-19,30H,8,11-12,16-17H2,2-6H3,(H,33,34). The van der Waals surface area contributed by atoms with Crippen molar-refractivity contribution < 1.29 is 18.7 Å². The lowest BCUT2D eigenvalue weighted by Gasteiger charge is -2.41. The van der Waals surface area contributed by atoms with Gasteiger partial charge in [0.05, 0.1) is 25.6 Å². The highest BCUT2D eigenvalue weighted by Crippen LogP contribution is 2.49. The van der Waals surface area contributed by atoms with E-state index in [-0.39, 0.29) is 41.2 Å². The maximum atomic E-state index is 15.4. The molecule has 36 heavy (non-hydrogen) atoms. The number of carbonyl (C=O) groups excluding carboxylic acids is 1. The summed E-state index contributed by atoms with van der Waals surface area (Å²) in [6.45, 7) is 11.1. The summed E-state index contributed by atoms with van der Waals surface area (Å²) in [6.07, 6.45) is 9.10. The summed E-state index contributed by atoms with van der Waals surface area (Å²) < 4.78 is 26.5. The van der Waals surface area contributed by atoms with Crippen LogP contribution in [-0.4, -0.2) is 41.4 Å². The van der Waals surface area contributed by atoms with E-state index in [9.17, 15) is 4.79 Å². The molecule has 3 atom stereocenters. The number of amides is 1. The van der Waals surface area contributed by atoms with Crippen LogP contribution in [0.4, 0.5) is 10.1 Å². The summed E-state index contributed by atoms with van der Waals surface area (Å²) in [5.74, 6) is 1.77. The summed E-state index contributed by atoms with van der Waals surface area (Å²) >= 11 is 0. The SMILES string of the molecule is C#CCOc1cnc(C(=O)Nc2ccc(F)c(C3(C(CC)CC(=N)C(C)(C)C)COCC3C)c2)cn1. The third-order valence-electron chi connectivity index (χ3n) is 7.06. The van der Waals surface area contributed by atoms with Crippen molar-refractivity contribution >= 4 is 17.3 Å². The first-order valence-corrected chi connectivity index (χ1v) is 12.2. The molecular formula is C28H35FN4O3. The molecule has 7 nitrogen and oxygen atoms in total. The predicted molar refractivity (Wildman–Crippen MR) is 138 cm³/mol. The number of hydrogen-bond donors (Lipinski definition) is 2. The molecule has 0 saturated carbocycles. The highest BCUT2D eigenvalue weighted by molar-refractivity contribution is 6.02. The number of rotatable bonds is 9. The first kappa shape index (κ1) is 27.3. The van der Waals surface area contributed by atoms with Gasteiger partial charge >= 0.3 is 0 Å². The Bertz CT molecular complexity index is 1140. The quantitative estimate of drug-likeness (QED) is 0.366. The zero-order valence-electron chi connectivity index (χ0n) is 21.7. The van der Waals surface area contributed by atoms with Gasteiger partial charge in [-0.15, -0.1) is 6.42 Å². The number of carbonyl (C=O) groups is 1. The number of benzene rings is 1. The van der Waals surface area contributed by atoms with Crippen molar-refractivity contribution in [1.82, 2.24) is 9.97 Å². The Labute approximate surface area is 212 Å². The lowest BCUT2D eigenvalue weighted by atomic mass is 9.61. The molecule has 192 valence electrons. The fraction of sp³-hybridized carbons (Fsp3) is 0.500. The fourth-order valence-electron chi connectivity index (χ4n) is 4.80. The van der Waals surface area contributed by atoms with Crippen molar-refractivity contribution in [2.24, 2.45) is 17.3 Å². The molecule has 0 aliphatic carbocycles. The number of anilines is 1. The van der Waals surface area contributed by atoms with Crippen LogP contribution in [0.3, 0.4) is 0 Å². The normalized spacial score (nSPS) is 20.4. The van der Waals surface area contributed by atoms with E-state index in [1.807, 2.05) is 20.8 Å². The highest BCUT2D eigenvalue weighted by atomic mass is 19.1. The lowest BCUT2D eigenvalue weighted by molar-refractivity contribution is 0.102. The molecule has 1 saturated heterocycles. The van der Waals surface area contributed by atoms with Crippen LogP contribution in [0.1, 0.15) is 63.5 Å². The van der Waals surface area contributed by atoms with Gasteiger partial charge in [-0.1, -0.05) is 47.0 Å². The number of nitrogens with zero attached hydrogens (tertiary/aromatic N) is 2. The monoisotopic (exact) mass is 494 g/mol. The lowest BCUT2D eigenvalue weighted by Crippen LogP contribution is -2.43. The largest absolute Gasteiger partial charge is 0.463 e. The minimum Gasteiger partial charge on any atom is -0.463 e. The summed E-state index contributed by atoms with van der Waals surface area (Å²) in [5.41, 5.74) is 0.784. The van der Waals surface area contributed by atoms with Crippen LogP contribution in [0.25, 0.3) is 0 Å². The Balaban J connectivity index is 1.91. The van der Waals surface area contributed by atoms with Gasteiger partial charge in [-0.25, -0.2) is 14.4 Å². The second kappa shape index (κ2) is 11.2. The first-order chi connectivity index (χ1) is 17.0. The highest BCUT2D eigenvalue weighted by Gasteiger charge is 2.50. The molecule has 8 heteroatoms. The molecule has 0 spiro atoms. The maximum Gasteiger partial charge on any atom is 0.275 e. The van der Waals surface area contributed by atoms with Gasteiger partial charge < -0.3 is 20.2 Å². The first-order valence-electron chi connectivity index (χ1n) is 12.2. The second-order valence-electron chi connectivity index (χ2n) is 10.4. The molecule has 1 aromatic carbocycles. The van der Waals surface area contributed by atoms with Crippen LogP contribution in [-0.2, 0) is 10.2 Å². The Hall–Kier alpha value is -3.31. The summed E-state index contributed by atoms with van der Waals surface area (Å²) in [4.78, 5) is 20.9. The summed E-state index contributed by atoms with van der Waals surface area (Å²) in [5, 5.41) is 11.5. The van der Waals surface area contributed by atoms with E-state index in [0.29, 0.717) is 36.6 Å². The third-order valence-corrected chi connectivity index (χ3v) is 7.06. The summed E-state index contributed by atoms with van der Waals surface area (Å²) in [7, 11) is 0. The van der Waals surface area contributed by atoms with Crippen molar-refractivity contribution in [1.29, 1.82) is 5.41 Å². The number of terminal acetylenes is 1. The molecule has 3 rings (SSSR count). The van der Waals surface area contributed by atoms with Crippen LogP contribution < -0.4 is 10.1 Å². The Morgan fingerprint density at radius 2 is 2.14 bits per heavy atom. The van der Waals surface area contributed by atoms with Crippen LogP contribution in [0.5, 0.6) is 5.88 Å². The van der Waals surface area contributed by atoms with Crippen molar-refractivity contribution in [3.05, 3.63) is 47.7 Å². The van der Waals surface area contributed by atoms with Crippen molar-refractivity contribution in [2.45, 2.75) is 52.9 Å². The van der Waals surface area contributed by atoms with Crippen molar-refractivity contribution in [3.63, 3.8) is 0 Å². The smallest absolute Gasteiger partial charge is 0.275 e. The van der Waals surface area contributed by atoms with Crippen LogP contribution >= 0.6 is 0 Å². The van der Waals surface area contributed by atoms with Crippen LogP contribution in [0.15, 0.2) is 30.6 Å². The number of ether oxygens (including phenoxy) is 2. The van der Waals surface area contributed by atoms with Gasteiger partial charge in [0.2, 0.25) is 5.88 Å². The minimum absolute atomic E-state index is 0.00333. The van der Waals surface area contributed by atoms with Gasteiger partial charge in [0, 0.05) is 16.8 Å². The number of nitrogens with one attached hydrogen (secondary N) is 2. The van der Waals surface area contributed by atoms with Gasteiger partial charge in [-0.05, 0) is 47.4 Å².